The van der Waals surface area contributed by atoms with Gasteiger partial charge in [0, 0.05) is 6.61 Å². The fourth-order valence-corrected chi connectivity index (χ4v) is 2.03. The van der Waals surface area contributed by atoms with Gasteiger partial charge in [-0.05, 0) is 39.2 Å². The van der Waals surface area contributed by atoms with E-state index >= 15 is 0 Å². The highest BCUT2D eigenvalue weighted by Gasteiger charge is 2.32. The lowest BCUT2D eigenvalue weighted by Gasteiger charge is -2.37. The summed E-state index contributed by atoms with van der Waals surface area (Å²) in [5, 5.41) is 3.57. The summed E-state index contributed by atoms with van der Waals surface area (Å²) < 4.78 is 11.7. The van der Waals surface area contributed by atoms with E-state index in [0.29, 0.717) is 6.61 Å². The summed E-state index contributed by atoms with van der Waals surface area (Å²) in [6.45, 7) is 17.5. The molecule has 0 saturated heterocycles. The molecule has 0 saturated carbocycles. The van der Waals surface area contributed by atoms with Gasteiger partial charge in [0.15, 0.2) is 0 Å². The fourth-order valence-electron chi connectivity index (χ4n) is 2.03. The molecule has 0 aromatic heterocycles. The molecule has 1 N–H and O–H groups in total. The summed E-state index contributed by atoms with van der Waals surface area (Å²) in [4.78, 5) is 0. The van der Waals surface area contributed by atoms with E-state index in [0.717, 1.165) is 19.6 Å². The summed E-state index contributed by atoms with van der Waals surface area (Å²) in [6, 6.07) is 0.257. The van der Waals surface area contributed by atoms with Crippen molar-refractivity contribution >= 4 is 0 Å². The highest BCUT2D eigenvalue weighted by Crippen LogP contribution is 2.25. The van der Waals surface area contributed by atoms with Crippen LogP contribution in [-0.2, 0) is 9.47 Å². The third kappa shape index (κ3) is 7.34. The Balaban J connectivity index is 4.63. The molecule has 0 heterocycles. The minimum absolute atomic E-state index is 0.113. The topological polar surface area (TPSA) is 30.5 Å². The first-order valence-corrected chi connectivity index (χ1v) is 7.29. The molecule has 0 bridgehead atoms. The molecule has 0 aliphatic heterocycles. The Kier molecular flexibility index (Phi) is 8.83. The van der Waals surface area contributed by atoms with Crippen molar-refractivity contribution in [3.63, 3.8) is 0 Å². The molecule has 0 radical (unpaired) electrons. The standard InChI is InChI=1S/C15H33NO2/c1-8-10-16-13(11-18-12(3)4)14(17-9-2)15(5,6)7/h12-14,16H,8-11H2,1-7H3. The number of rotatable bonds is 9. The molecule has 0 spiro atoms. The molecule has 2 atom stereocenters. The Bertz CT molecular complexity index is 199. The second-order valence-electron chi connectivity index (χ2n) is 6.18. The second-order valence-corrected chi connectivity index (χ2v) is 6.18. The summed E-state index contributed by atoms with van der Waals surface area (Å²) in [5.41, 5.74) is 0.113. The van der Waals surface area contributed by atoms with E-state index in [-0.39, 0.29) is 23.7 Å². The van der Waals surface area contributed by atoms with Crippen molar-refractivity contribution < 1.29 is 9.47 Å². The molecule has 0 rings (SSSR count). The molecule has 0 aromatic rings. The SMILES string of the molecule is CCCNC(COC(C)C)C(OCC)C(C)(C)C. The van der Waals surface area contributed by atoms with Crippen molar-refractivity contribution in [1.29, 1.82) is 0 Å². The maximum absolute atomic E-state index is 5.96. The van der Waals surface area contributed by atoms with Crippen LogP contribution in [0.15, 0.2) is 0 Å². The van der Waals surface area contributed by atoms with Gasteiger partial charge >= 0.3 is 0 Å². The largest absolute Gasteiger partial charge is 0.377 e. The quantitative estimate of drug-likeness (QED) is 0.689. The van der Waals surface area contributed by atoms with E-state index in [1.165, 1.54) is 0 Å². The predicted molar refractivity (Wildman–Crippen MR) is 78.0 cm³/mol. The Hall–Kier alpha value is -0.120. The van der Waals surface area contributed by atoms with E-state index in [4.69, 9.17) is 9.47 Å². The molecule has 2 unspecified atom stereocenters. The van der Waals surface area contributed by atoms with E-state index in [2.05, 4.69) is 53.8 Å². The van der Waals surface area contributed by atoms with Crippen LogP contribution in [0.1, 0.15) is 54.9 Å². The molecule has 0 fully saturated rings. The summed E-state index contributed by atoms with van der Waals surface area (Å²) in [5.74, 6) is 0. The number of nitrogens with one attached hydrogen (secondary N) is 1. The second kappa shape index (κ2) is 8.89. The summed E-state index contributed by atoms with van der Waals surface area (Å²) in [7, 11) is 0. The molecule has 0 amide bonds. The Morgan fingerprint density at radius 2 is 1.67 bits per heavy atom. The van der Waals surface area contributed by atoms with Crippen LogP contribution in [-0.4, -0.2) is 38.0 Å². The lowest BCUT2D eigenvalue weighted by Crippen LogP contribution is -2.51. The Morgan fingerprint density at radius 3 is 2.06 bits per heavy atom. The molecule has 3 nitrogen and oxygen atoms in total. The van der Waals surface area contributed by atoms with Gasteiger partial charge in [-0.2, -0.15) is 0 Å². The molecule has 0 aromatic carbocycles. The van der Waals surface area contributed by atoms with Crippen LogP contribution < -0.4 is 5.32 Å². The van der Waals surface area contributed by atoms with E-state index in [1.807, 2.05) is 0 Å². The molecular weight excluding hydrogens is 226 g/mol. The van der Waals surface area contributed by atoms with Gasteiger partial charge in [-0.3, -0.25) is 0 Å². The van der Waals surface area contributed by atoms with Crippen LogP contribution in [0.4, 0.5) is 0 Å². The zero-order valence-corrected chi connectivity index (χ0v) is 13.4. The van der Waals surface area contributed by atoms with Gasteiger partial charge in [0.2, 0.25) is 0 Å². The van der Waals surface area contributed by atoms with Crippen LogP contribution in [0.2, 0.25) is 0 Å². The minimum atomic E-state index is 0.113. The molecule has 18 heavy (non-hydrogen) atoms. The van der Waals surface area contributed by atoms with Crippen LogP contribution in [0.3, 0.4) is 0 Å². The van der Waals surface area contributed by atoms with Gasteiger partial charge in [-0.1, -0.05) is 27.7 Å². The van der Waals surface area contributed by atoms with Crippen LogP contribution in [0.5, 0.6) is 0 Å². The molecule has 0 aliphatic rings. The first-order chi connectivity index (χ1) is 8.32. The Labute approximate surface area is 114 Å². The predicted octanol–water partition coefficient (Wildman–Crippen LogP) is 3.23. The number of hydrogen-bond acceptors (Lipinski definition) is 3. The maximum atomic E-state index is 5.96. The van der Waals surface area contributed by atoms with Gasteiger partial charge in [-0.25, -0.2) is 0 Å². The summed E-state index contributed by atoms with van der Waals surface area (Å²) in [6.07, 6.45) is 1.56. The monoisotopic (exact) mass is 259 g/mol. The average Bonchev–Trinajstić information content (AvgIpc) is 2.25. The zero-order chi connectivity index (χ0) is 14.2. The lowest BCUT2D eigenvalue weighted by atomic mass is 9.84. The first kappa shape index (κ1) is 17.9. The van der Waals surface area contributed by atoms with E-state index < -0.39 is 0 Å². The van der Waals surface area contributed by atoms with Gasteiger partial charge in [0.25, 0.3) is 0 Å². The van der Waals surface area contributed by atoms with Gasteiger partial charge < -0.3 is 14.8 Å². The maximum Gasteiger partial charge on any atom is 0.0798 e. The average molecular weight is 259 g/mol. The molecule has 110 valence electrons. The first-order valence-electron chi connectivity index (χ1n) is 7.29. The van der Waals surface area contributed by atoms with Crippen molar-refractivity contribution in [2.75, 3.05) is 19.8 Å². The Morgan fingerprint density at radius 1 is 1.06 bits per heavy atom. The highest BCUT2D eigenvalue weighted by atomic mass is 16.5. The fraction of sp³-hybridized carbons (Fsp3) is 1.00. The minimum Gasteiger partial charge on any atom is -0.377 e. The van der Waals surface area contributed by atoms with Gasteiger partial charge in [0.1, 0.15) is 0 Å². The zero-order valence-electron chi connectivity index (χ0n) is 13.4. The molecule has 3 heteroatoms. The third-order valence-electron chi connectivity index (χ3n) is 2.83. The van der Waals surface area contributed by atoms with Crippen LogP contribution >= 0.6 is 0 Å². The van der Waals surface area contributed by atoms with Crippen LogP contribution in [0.25, 0.3) is 0 Å². The third-order valence-corrected chi connectivity index (χ3v) is 2.83. The van der Waals surface area contributed by atoms with Crippen molar-refractivity contribution in [3.05, 3.63) is 0 Å². The van der Waals surface area contributed by atoms with Crippen molar-refractivity contribution in [1.82, 2.24) is 5.32 Å². The van der Waals surface area contributed by atoms with E-state index in [9.17, 15) is 0 Å². The van der Waals surface area contributed by atoms with Gasteiger partial charge in [0.05, 0.1) is 24.9 Å². The van der Waals surface area contributed by atoms with Crippen molar-refractivity contribution in [2.45, 2.75) is 73.1 Å². The van der Waals surface area contributed by atoms with Crippen molar-refractivity contribution in [3.8, 4) is 0 Å². The lowest BCUT2D eigenvalue weighted by molar-refractivity contribution is -0.0624. The molecule has 0 aliphatic carbocycles. The highest BCUT2D eigenvalue weighted by molar-refractivity contribution is 4.86. The van der Waals surface area contributed by atoms with Crippen molar-refractivity contribution in [2.24, 2.45) is 5.41 Å². The van der Waals surface area contributed by atoms with Gasteiger partial charge in [-0.15, -0.1) is 0 Å². The molecular formula is C15H33NO2. The smallest absolute Gasteiger partial charge is 0.0798 e. The summed E-state index contributed by atoms with van der Waals surface area (Å²) >= 11 is 0. The normalized spacial score (nSPS) is 16.0. The number of hydrogen-bond donors (Lipinski definition) is 1. The van der Waals surface area contributed by atoms with Crippen LogP contribution in [0, 0.1) is 5.41 Å². The van der Waals surface area contributed by atoms with E-state index in [1.54, 1.807) is 0 Å². The number of ether oxygens (including phenoxy) is 2.